The number of hydrogen-bond acceptors (Lipinski definition) is 2. The fraction of sp³-hybridized carbons (Fsp3) is 0.579. The number of ether oxygens (including phenoxy) is 2. The second kappa shape index (κ2) is 12.5. The first-order valence-corrected chi connectivity index (χ1v) is 7.97. The Hall–Kier alpha value is -1.28. The Labute approximate surface area is 131 Å². The van der Waals surface area contributed by atoms with Crippen molar-refractivity contribution in [2.24, 2.45) is 5.92 Å². The number of benzene rings is 1. The molecule has 1 unspecified atom stereocenters. The van der Waals surface area contributed by atoms with Crippen LogP contribution in [0.3, 0.4) is 0 Å². The van der Waals surface area contributed by atoms with E-state index in [0.29, 0.717) is 5.92 Å². The van der Waals surface area contributed by atoms with Crippen molar-refractivity contribution in [3.05, 3.63) is 35.4 Å². The molecule has 1 atom stereocenters. The molecule has 2 nitrogen and oxygen atoms in total. The highest BCUT2D eigenvalue weighted by molar-refractivity contribution is 5.58. The standard InChI is InChI=1S/C17H26O2.C2H6/c1-14-10-11-17(19-4)16(12-14)9-7-5-6-8-15(2)13-18-3;1-2/h7,9-12,15H,5-6,8,13H2,1-4H3;1-2H3/b9-7+;. The third-order valence-corrected chi connectivity index (χ3v) is 3.20. The molecule has 0 heterocycles. The van der Waals surface area contributed by atoms with Crippen LogP contribution in [-0.4, -0.2) is 20.8 Å². The minimum absolute atomic E-state index is 0.645. The molecule has 1 aromatic rings. The van der Waals surface area contributed by atoms with Crippen LogP contribution < -0.4 is 4.74 Å². The Balaban J connectivity index is 0.00000191. The zero-order chi connectivity index (χ0) is 16.1. The number of methoxy groups -OCH3 is 2. The van der Waals surface area contributed by atoms with Crippen molar-refractivity contribution < 1.29 is 9.47 Å². The molecule has 0 aliphatic rings. The largest absolute Gasteiger partial charge is 0.496 e. The molecule has 0 N–H and O–H groups in total. The molecular formula is C19H32O2. The van der Waals surface area contributed by atoms with E-state index in [4.69, 9.17) is 9.47 Å². The van der Waals surface area contributed by atoms with Gasteiger partial charge in [0.2, 0.25) is 0 Å². The van der Waals surface area contributed by atoms with Gasteiger partial charge < -0.3 is 9.47 Å². The van der Waals surface area contributed by atoms with Crippen LogP contribution in [0.15, 0.2) is 24.3 Å². The zero-order valence-electron chi connectivity index (χ0n) is 14.6. The molecule has 0 saturated carbocycles. The molecule has 0 aliphatic heterocycles. The lowest BCUT2D eigenvalue weighted by atomic mass is 10.0. The van der Waals surface area contributed by atoms with Crippen LogP contribution in [0.25, 0.3) is 6.08 Å². The smallest absolute Gasteiger partial charge is 0.126 e. The third-order valence-electron chi connectivity index (χ3n) is 3.20. The molecule has 0 aromatic heterocycles. The summed E-state index contributed by atoms with van der Waals surface area (Å²) < 4.78 is 10.5. The van der Waals surface area contributed by atoms with E-state index in [0.717, 1.165) is 24.3 Å². The van der Waals surface area contributed by atoms with Crippen LogP contribution in [-0.2, 0) is 4.74 Å². The summed E-state index contributed by atoms with van der Waals surface area (Å²) in [5, 5.41) is 0. The molecule has 2 heteroatoms. The van der Waals surface area contributed by atoms with Crippen molar-refractivity contribution in [3.63, 3.8) is 0 Å². The van der Waals surface area contributed by atoms with Crippen LogP contribution in [0.1, 0.15) is 51.2 Å². The fourth-order valence-electron chi connectivity index (χ4n) is 2.15. The first-order chi connectivity index (χ1) is 10.2. The SMILES string of the molecule is CC.COCC(C)CCC/C=C/c1cc(C)ccc1OC. The summed E-state index contributed by atoms with van der Waals surface area (Å²) in [6.45, 7) is 9.19. The van der Waals surface area contributed by atoms with Gasteiger partial charge in [-0.1, -0.05) is 44.6 Å². The summed E-state index contributed by atoms with van der Waals surface area (Å²) in [6, 6.07) is 6.25. The molecule has 0 aliphatic carbocycles. The molecule has 120 valence electrons. The first-order valence-electron chi connectivity index (χ1n) is 7.97. The number of hydrogen-bond donors (Lipinski definition) is 0. The number of allylic oxidation sites excluding steroid dienone is 1. The lowest BCUT2D eigenvalue weighted by Crippen LogP contribution is -2.02. The maximum atomic E-state index is 5.36. The van der Waals surface area contributed by atoms with E-state index in [1.165, 1.54) is 18.4 Å². The first kappa shape index (κ1) is 19.7. The molecule has 0 bridgehead atoms. The second-order valence-corrected chi connectivity index (χ2v) is 5.14. The summed E-state index contributed by atoms with van der Waals surface area (Å²) in [5.74, 6) is 1.58. The highest BCUT2D eigenvalue weighted by Crippen LogP contribution is 2.21. The fourth-order valence-corrected chi connectivity index (χ4v) is 2.15. The van der Waals surface area contributed by atoms with Crippen LogP contribution >= 0.6 is 0 Å². The molecule has 0 radical (unpaired) electrons. The van der Waals surface area contributed by atoms with E-state index in [9.17, 15) is 0 Å². The minimum Gasteiger partial charge on any atom is -0.496 e. The van der Waals surface area contributed by atoms with Gasteiger partial charge >= 0.3 is 0 Å². The van der Waals surface area contributed by atoms with Crippen molar-refractivity contribution in [1.82, 2.24) is 0 Å². The molecule has 0 amide bonds. The highest BCUT2D eigenvalue weighted by Gasteiger charge is 2.01. The predicted octanol–water partition coefficient (Wildman–Crippen LogP) is 5.50. The summed E-state index contributed by atoms with van der Waals surface area (Å²) in [4.78, 5) is 0. The van der Waals surface area contributed by atoms with E-state index in [-0.39, 0.29) is 0 Å². The van der Waals surface area contributed by atoms with Gasteiger partial charge in [-0.15, -0.1) is 0 Å². The Morgan fingerprint density at radius 3 is 2.52 bits per heavy atom. The zero-order valence-corrected chi connectivity index (χ0v) is 14.6. The molecule has 1 rings (SSSR count). The van der Waals surface area contributed by atoms with Crippen molar-refractivity contribution in [3.8, 4) is 5.75 Å². The van der Waals surface area contributed by atoms with Crippen LogP contribution in [0.2, 0.25) is 0 Å². The van der Waals surface area contributed by atoms with Crippen molar-refractivity contribution in [2.75, 3.05) is 20.8 Å². The Kier molecular flexibility index (Phi) is 11.7. The van der Waals surface area contributed by atoms with Gasteiger partial charge in [0.25, 0.3) is 0 Å². The topological polar surface area (TPSA) is 18.5 Å². The number of aryl methyl sites for hydroxylation is 1. The van der Waals surface area contributed by atoms with E-state index in [1.807, 2.05) is 19.9 Å². The van der Waals surface area contributed by atoms with Gasteiger partial charge in [0, 0.05) is 19.3 Å². The van der Waals surface area contributed by atoms with Gasteiger partial charge in [-0.3, -0.25) is 0 Å². The number of unbranched alkanes of at least 4 members (excludes halogenated alkanes) is 1. The molecule has 0 spiro atoms. The normalized spacial score (nSPS) is 11.9. The molecular weight excluding hydrogens is 260 g/mol. The number of rotatable bonds is 8. The molecule has 0 saturated heterocycles. The highest BCUT2D eigenvalue weighted by atomic mass is 16.5. The van der Waals surface area contributed by atoms with Crippen LogP contribution in [0.5, 0.6) is 5.75 Å². The minimum atomic E-state index is 0.645. The van der Waals surface area contributed by atoms with Crippen molar-refractivity contribution in [2.45, 2.75) is 47.0 Å². The molecule has 21 heavy (non-hydrogen) atoms. The van der Waals surface area contributed by atoms with Gasteiger partial charge in [0.15, 0.2) is 0 Å². The average Bonchev–Trinajstić information content (AvgIpc) is 2.49. The monoisotopic (exact) mass is 292 g/mol. The lowest BCUT2D eigenvalue weighted by molar-refractivity contribution is 0.155. The van der Waals surface area contributed by atoms with Gasteiger partial charge in [0.1, 0.15) is 5.75 Å². The Morgan fingerprint density at radius 1 is 1.19 bits per heavy atom. The van der Waals surface area contributed by atoms with E-state index in [1.54, 1.807) is 14.2 Å². The van der Waals surface area contributed by atoms with Gasteiger partial charge in [-0.2, -0.15) is 0 Å². The average molecular weight is 292 g/mol. The predicted molar refractivity (Wildman–Crippen MR) is 93.0 cm³/mol. The van der Waals surface area contributed by atoms with Crippen LogP contribution in [0, 0.1) is 12.8 Å². The van der Waals surface area contributed by atoms with Gasteiger partial charge in [-0.25, -0.2) is 0 Å². The van der Waals surface area contributed by atoms with E-state index >= 15 is 0 Å². The van der Waals surface area contributed by atoms with Gasteiger partial charge in [-0.05, 0) is 44.2 Å². The van der Waals surface area contributed by atoms with Crippen molar-refractivity contribution in [1.29, 1.82) is 0 Å². The maximum Gasteiger partial charge on any atom is 0.126 e. The Morgan fingerprint density at radius 2 is 1.90 bits per heavy atom. The van der Waals surface area contributed by atoms with Crippen molar-refractivity contribution >= 4 is 6.08 Å². The maximum absolute atomic E-state index is 5.36. The molecule has 0 fully saturated rings. The van der Waals surface area contributed by atoms with E-state index in [2.05, 4.69) is 38.1 Å². The quantitative estimate of drug-likeness (QED) is 0.589. The summed E-state index contributed by atoms with van der Waals surface area (Å²) >= 11 is 0. The van der Waals surface area contributed by atoms with E-state index < -0.39 is 0 Å². The summed E-state index contributed by atoms with van der Waals surface area (Å²) in [7, 11) is 3.48. The second-order valence-electron chi connectivity index (χ2n) is 5.14. The van der Waals surface area contributed by atoms with Crippen LogP contribution in [0.4, 0.5) is 0 Å². The lowest BCUT2D eigenvalue weighted by Gasteiger charge is -2.08. The summed E-state index contributed by atoms with van der Waals surface area (Å²) in [6.07, 6.45) is 7.91. The summed E-state index contributed by atoms with van der Waals surface area (Å²) in [5.41, 5.74) is 2.42. The Bertz CT molecular complexity index is 397. The van der Waals surface area contributed by atoms with Gasteiger partial charge in [0.05, 0.1) is 7.11 Å². The molecule has 1 aromatic carbocycles. The third kappa shape index (κ3) is 8.56.